The quantitative estimate of drug-likeness (QED) is 0.787. The van der Waals surface area contributed by atoms with Gasteiger partial charge in [0.2, 0.25) is 0 Å². The van der Waals surface area contributed by atoms with E-state index in [0.717, 1.165) is 23.7 Å². The molecule has 1 saturated carbocycles. The molecule has 1 fully saturated rings. The lowest BCUT2D eigenvalue weighted by Crippen LogP contribution is -2.04. The minimum Gasteiger partial charge on any atom is -0.457 e. The molecule has 0 radical (unpaired) electrons. The Kier molecular flexibility index (Phi) is 3.27. The number of hydrogen-bond acceptors (Lipinski definition) is 5. The number of nitrogens with zero attached hydrogens (tertiary/aromatic N) is 2. The maximum atomic E-state index is 12.4. The zero-order valence-electron chi connectivity index (χ0n) is 12.3. The lowest BCUT2D eigenvalue weighted by Gasteiger charge is -2.10. The zero-order chi connectivity index (χ0) is 15.9. The number of nitrogens with one attached hydrogen (secondary N) is 1. The van der Waals surface area contributed by atoms with Crippen LogP contribution in [0, 0.1) is 4.78 Å². The Balaban J connectivity index is 1.64. The van der Waals surface area contributed by atoms with Crippen LogP contribution in [0.4, 0.5) is 0 Å². The summed E-state index contributed by atoms with van der Waals surface area (Å²) in [4.78, 5) is 8.88. The molecule has 1 unspecified atom stereocenters. The second-order valence-electron chi connectivity index (χ2n) is 5.58. The zero-order valence-corrected chi connectivity index (χ0v) is 13.1. The number of hydrogen-bond donors (Lipinski definition) is 1. The van der Waals surface area contributed by atoms with E-state index >= 15 is 0 Å². The van der Waals surface area contributed by atoms with Crippen LogP contribution in [0.1, 0.15) is 12.8 Å². The van der Waals surface area contributed by atoms with Gasteiger partial charge in [0.15, 0.2) is 0 Å². The van der Waals surface area contributed by atoms with E-state index in [2.05, 4.69) is 9.97 Å². The Morgan fingerprint density at radius 2 is 1.87 bits per heavy atom. The van der Waals surface area contributed by atoms with Crippen LogP contribution in [0.5, 0.6) is 11.5 Å². The van der Waals surface area contributed by atoms with Crippen molar-refractivity contribution in [2.45, 2.75) is 23.0 Å². The van der Waals surface area contributed by atoms with Crippen LogP contribution in [0.15, 0.2) is 59.9 Å². The third-order valence-corrected chi connectivity index (χ3v) is 6.28. The number of pyridine rings is 2. The number of rotatable bonds is 4. The van der Waals surface area contributed by atoms with Crippen LogP contribution in [-0.4, -0.2) is 19.4 Å². The summed E-state index contributed by atoms with van der Waals surface area (Å²) in [5, 5.41) is 0.903. The van der Waals surface area contributed by atoms with Gasteiger partial charge in [-0.25, -0.2) is 8.99 Å². The first-order chi connectivity index (χ1) is 11.1. The first kappa shape index (κ1) is 14.1. The summed E-state index contributed by atoms with van der Waals surface area (Å²) in [5.74, 6) is 1.34. The Labute approximate surface area is 134 Å². The summed E-state index contributed by atoms with van der Waals surface area (Å²) in [6.45, 7) is 0. The van der Waals surface area contributed by atoms with Gasteiger partial charge in [-0.3, -0.25) is 9.97 Å². The third kappa shape index (κ3) is 2.66. The van der Waals surface area contributed by atoms with Gasteiger partial charge in [-0.05, 0) is 49.2 Å². The fraction of sp³-hybridized carbons (Fsp3) is 0.176. The van der Waals surface area contributed by atoms with Crippen molar-refractivity contribution in [2.24, 2.45) is 0 Å². The van der Waals surface area contributed by atoms with E-state index in [1.165, 1.54) is 0 Å². The highest BCUT2D eigenvalue weighted by Crippen LogP contribution is 2.35. The van der Waals surface area contributed by atoms with Gasteiger partial charge in [0, 0.05) is 27.9 Å². The van der Waals surface area contributed by atoms with Gasteiger partial charge in [0.25, 0.3) is 0 Å². The summed E-state index contributed by atoms with van der Waals surface area (Å²) >= 11 is 0. The fourth-order valence-electron chi connectivity index (χ4n) is 2.49. The molecular formula is C17H15N3O2S. The SMILES string of the molecule is N=S(=O)(c1ccc(Oc2ccnc3cnccc23)cc1)C1CC1. The monoisotopic (exact) mass is 325 g/mol. The van der Waals surface area contributed by atoms with E-state index in [1.807, 2.05) is 6.07 Å². The maximum absolute atomic E-state index is 12.4. The standard InChI is InChI=1S/C17H15N3O2S/c18-23(21,14-5-6-14)13-3-1-12(2-4-13)22-17-8-10-20-16-11-19-9-7-15(16)17/h1-4,7-11,14,18H,5-6H2. The average Bonchev–Trinajstić information content (AvgIpc) is 3.41. The molecule has 4 rings (SSSR count). The summed E-state index contributed by atoms with van der Waals surface area (Å²) in [5.41, 5.74) is 0.768. The second kappa shape index (κ2) is 5.31. The summed E-state index contributed by atoms with van der Waals surface area (Å²) < 4.78 is 26.4. The molecule has 1 aromatic carbocycles. The van der Waals surface area contributed by atoms with Crippen molar-refractivity contribution in [3.05, 3.63) is 55.0 Å². The van der Waals surface area contributed by atoms with Gasteiger partial charge in [-0.2, -0.15) is 0 Å². The van der Waals surface area contributed by atoms with E-state index in [-0.39, 0.29) is 5.25 Å². The molecule has 5 nitrogen and oxygen atoms in total. The number of benzene rings is 1. The molecule has 1 aliphatic carbocycles. The van der Waals surface area contributed by atoms with Crippen molar-refractivity contribution >= 4 is 20.6 Å². The lowest BCUT2D eigenvalue weighted by atomic mass is 10.2. The van der Waals surface area contributed by atoms with Gasteiger partial charge in [0.1, 0.15) is 11.5 Å². The molecule has 116 valence electrons. The average molecular weight is 325 g/mol. The molecule has 2 heterocycles. The molecule has 0 bridgehead atoms. The third-order valence-electron chi connectivity index (χ3n) is 3.90. The molecule has 1 N–H and O–H groups in total. The molecule has 0 saturated heterocycles. The fourth-order valence-corrected chi connectivity index (χ4v) is 4.22. The summed E-state index contributed by atoms with van der Waals surface area (Å²) in [7, 11) is -2.66. The predicted octanol–water partition coefficient (Wildman–Crippen LogP) is 3.99. The van der Waals surface area contributed by atoms with Crippen molar-refractivity contribution in [3.8, 4) is 11.5 Å². The normalized spacial score (nSPS) is 16.9. The lowest BCUT2D eigenvalue weighted by molar-refractivity contribution is 0.487. The Morgan fingerprint density at radius 3 is 2.61 bits per heavy atom. The van der Waals surface area contributed by atoms with Crippen molar-refractivity contribution in [1.29, 1.82) is 4.78 Å². The van der Waals surface area contributed by atoms with Crippen LogP contribution in [0.2, 0.25) is 0 Å². The first-order valence-corrected chi connectivity index (χ1v) is 9.01. The van der Waals surface area contributed by atoms with E-state index in [9.17, 15) is 4.21 Å². The van der Waals surface area contributed by atoms with Crippen molar-refractivity contribution < 1.29 is 8.95 Å². The maximum Gasteiger partial charge on any atom is 0.138 e. The number of aromatic nitrogens is 2. The molecule has 1 atom stereocenters. The van der Waals surface area contributed by atoms with Gasteiger partial charge < -0.3 is 4.74 Å². The molecule has 1 aliphatic rings. The first-order valence-electron chi connectivity index (χ1n) is 7.39. The molecule has 23 heavy (non-hydrogen) atoms. The van der Waals surface area contributed by atoms with Crippen LogP contribution >= 0.6 is 0 Å². The molecule has 6 heteroatoms. The van der Waals surface area contributed by atoms with Crippen LogP contribution in [-0.2, 0) is 9.73 Å². The Morgan fingerprint density at radius 1 is 1.09 bits per heavy atom. The largest absolute Gasteiger partial charge is 0.457 e. The smallest absolute Gasteiger partial charge is 0.138 e. The Hall–Kier alpha value is -2.47. The van der Waals surface area contributed by atoms with Crippen LogP contribution in [0.25, 0.3) is 10.9 Å². The van der Waals surface area contributed by atoms with E-state index in [4.69, 9.17) is 9.52 Å². The number of fused-ring (bicyclic) bond motifs is 1. The highest BCUT2D eigenvalue weighted by molar-refractivity contribution is 7.93. The molecule has 0 amide bonds. The number of ether oxygens (including phenoxy) is 1. The highest BCUT2D eigenvalue weighted by Gasteiger charge is 2.33. The van der Waals surface area contributed by atoms with Gasteiger partial charge in [-0.15, -0.1) is 0 Å². The predicted molar refractivity (Wildman–Crippen MR) is 88.2 cm³/mol. The molecule has 0 spiro atoms. The highest BCUT2D eigenvalue weighted by atomic mass is 32.2. The molecule has 0 aliphatic heterocycles. The van der Waals surface area contributed by atoms with Gasteiger partial charge >= 0.3 is 0 Å². The topological polar surface area (TPSA) is 75.9 Å². The summed E-state index contributed by atoms with van der Waals surface area (Å²) in [6, 6.07) is 10.6. The second-order valence-corrected chi connectivity index (χ2v) is 7.91. The minimum atomic E-state index is -2.66. The van der Waals surface area contributed by atoms with Crippen molar-refractivity contribution in [1.82, 2.24) is 9.97 Å². The van der Waals surface area contributed by atoms with Crippen LogP contribution in [0.3, 0.4) is 0 Å². The van der Waals surface area contributed by atoms with Crippen LogP contribution < -0.4 is 4.74 Å². The molecular weight excluding hydrogens is 310 g/mol. The Bertz CT molecular complexity index is 959. The van der Waals surface area contributed by atoms with Gasteiger partial charge in [0.05, 0.1) is 21.4 Å². The van der Waals surface area contributed by atoms with E-state index < -0.39 is 9.73 Å². The van der Waals surface area contributed by atoms with E-state index in [1.54, 1.807) is 48.9 Å². The molecule has 3 aromatic rings. The van der Waals surface area contributed by atoms with Crippen molar-refractivity contribution in [2.75, 3.05) is 0 Å². The van der Waals surface area contributed by atoms with Gasteiger partial charge in [-0.1, -0.05) is 0 Å². The molecule has 2 aromatic heterocycles. The minimum absolute atomic E-state index is 0.0194. The summed E-state index contributed by atoms with van der Waals surface area (Å²) in [6.07, 6.45) is 6.84. The van der Waals surface area contributed by atoms with Crippen molar-refractivity contribution in [3.63, 3.8) is 0 Å². The van der Waals surface area contributed by atoms with E-state index in [0.29, 0.717) is 16.4 Å².